The maximum absolute atomic E-state index is 12.9. The zero-order valence-corrected chi connectivity index (χ0v) is 13.0. The Balaban J connectivity index is 2.95. The first-order chi connectivity index (χ1) is 9.85. The highest BCUT2D eigenvalue weighted by Crippen LogP contribution is 2.27. The second kappa shape index (κ2) is 8.39. The number of alkyl halides is 3. The molecule has 0 fully saturated rings. The first-order valence-electron chi connectivity index (χ1n) is 7.43. The van der Waals surface area contributed by atoms with E-state index in [2.05, 4.69) is 5.32 Å². The molecule has 5 heteroatoms. The first kappa shape index (κ1) is 18.0. The van der Waals surface area contributed by atoms with Gasteiger partial charge in [0.05, 0.1) is 6.54 Å². The third-order valence-corrected chi connectivity index (χ3v) is 3.37. The average molecular weight is 302 g/mol. The SMILES string of the molecule is CCCNCC(c1ccccc1)N(CC(F)(F)F)C(C)C. The lowest BCUT2D eigenvalue weighted by Crippen LogP contribution is -2.45. The molecular weight excluding hydrogens is 277 g/mol. The molecule has 0 radical (unpaired) electrons. The molecule has 0 aliphatic heterocycles. The van der Waals surface area contributed by atoms with E-state index >= 15 is 0 Å². The molecule has 0 saturated carbocycles. The Morgan fingerprint density at radius 2 is 1.76 bits per heavy atom. The van der Waals surface area contributed by atoms with Gasteiger partial charge in [-0.05, 0) is 32.4 Å². The summed E-state index contributed by atoms with van der Waals surface area (Å²) in [5.41, 5.74) is 0.916. The van der Waals surface area contributed by atoms with Crippen LogP contribution >= 0.6 is 0 Å². The standard InChI is InChI=1S/C16H25F3N2/c1-4-10-20-11-15(14-8-6-5-7-9-14)21(13(2)3)12-16(17,18)19/h5-9,13,15,20H,4,10-12H2,1-3H3. The van der Waals surface area contributed by atoms with Gasteiger partial charge in [-0.25, -0.2) is 0 Å². The summed E-state index contributed by atoms with van der Waals surface area (Å²) < 4.78 is 38.6. The molecule has 0 spiro atoms. The molecule has 1 N–H and O–H groups in total. The van der Waals surface area contributed by atoms with Crippen LogP contribution in [0.1, 0.15) is 38.8 Å². The largest absolute Gasteiger partial charge is 0.401 e. The average Bonchev–Trinajstić information content (AvgIpc) is 2.41. The van der Waals surface area contributed by atoms with Gasteiger partial charge in [0.25, 0.3) is 0 Å². The molecule has 1 unspecified atom stereocenters. The van der Waals surface area contributed by atoms with Crippen LogP contribution in [0.2, 0.25) is 0 Å². The molecule has 0 saturated heterocycles. The van der Waals surface area contributed by atoms with Crippen LogP contribution in [-0.4, -0.2) is 36.8 Å². The normalized spacial score (nSPS) is 13.9. The van der Waals surface area contributed by atoms with Crippen molar-refractivity contribution in [1.29, 1.82) is 0 Å². The van der Waals surface area contributed by atoms with E-state index < -0.39 is 12.7 Å². The smallest absolute Gasteiger partial charge is 0.315 e. The molecule has 120 valence electrons. The zero-order chi connectivity index (χ0) is 15.9. The lowest BCUT2D eigenvalue weighted by Gasteiger charge is -2.36. The fourth-order valence-electron chi connectivity index (χ4n) is 2.38. The van der Waals surface area contributed by atoms with Crippen molar-refractivity contribution in [3.63, 3.8) is 0 Å². The highest BCUT2D eigenvalue weighted by Gasteiger charge is 2.35. The molecule has 2 nitrogen and oxygen atoms in total. The molecule has 0 aliphatic rings. The maximum atomic E-state index is 12.9. The number of hydrogen-bond donors (Lipinski definition) is 1. The summed E-state index contributed by atoms with van der Waals surface area (Å²) in [6, 6.07) is 8.94. The Bertz CT molecular complexity index is 390. The van der Waals surface area contributed by atoms with Crippen molar-refractivity contribution < 1.29 is 13.2 Å². The second-order valence-corrected chi connectivity index (χ2v) is 5.51. The summed E-state index contributed by atoms with van der Waals surface area (Å²) >= 11 is 0. The Kier molecular flexibility index (Phi) is 7.18. The van der Waals surface area contributed by atoms with Crippen molar-refractivity contribution in [3.05, 3.63) is 35.9 Å². The van der Waals surface area contributed by atoms with Crippen LogP contribution in [0.15, 0.2) is 30.3 Å². The zero-order valence-electron chi connectivity index (χ0n) is 13.0. The van der Waals surface area contributed by atoms with Crippen LogP contribution in [0.4, 0.5) is 13.2 Å². The number of hydrogen-bond acceptors (Lipinski definition) is 2. The predicted molar refractivity (Wildman–Crippen MR) is 80.2 cm³/mol. The minimum absolute atomic E-state index is 0.180. The summed E-state index contributed by atoms with van der Waals surface area (Å²) in [5, 5.41) is 3.25. The minimum atomic E-state index is -4.19. The molecule has 0 amide bonds. The lowest BCUT2D eigenvalue weighted by molar-refractivity contribution is -0.155. The number of halogens is 3. The Morgan fingerprint density at radius 1 is 1.14 bits per heavy atom. The number of rotatable bonds is 8. The molecule has 1 atom stereocenters. The van der Waals surface area contributed by atoms with Crippen molar-refractivity contribution in [2.45, 2.75) is 45.5 Å². The van der Waals surface area contributed by atoms with Crippen LogP contribution in [0, 0.1) is 0 Å². The van der Waals surface area contributed by atoms with Crippen LogP contribution in [0.3, 0.4) is 0 Å². The number of benzene rings is 1. The molecule has 1 aromatic rings. The number of nitrogens with one attached hydrogen (secondary N) is 1. The van der Waals surface area contributed by atoms with Crippen LogP contribution < -0.4 is 5.32 Å². The topological polar surface area (TPSA) is 15.3 Å². The lowest BCUT2D eigenvalue weighted by atomic mass is 10.0. The summed E-state index contributed by atoms with van der Waals surface area (Å²) in [6.45, 7) is 6.09. The van der Waals surface area contributed by atoms with E-state index in [9.17, 15) is 13.2 Å². The van der Waals surface area contributed by atoms with Crippen molar-refractivity contribution in [2.75, 3.05) is 19.6 Å². The van der Waals surface area contributed by atoms with Gasteiger partial charge in [-0.2, -0.15) is 13.2 Å². The summed E-state index contributed by atoms with van der Waals surface area (Å²) in [4.78, 5) is 1.51. The molecule has 21 heavy (non-hydrogen) atoms. The van der Waals surface area contributed by atoms with Gasteiger partial charge in [0, 0.05) is 18.6 Å². The monoisotopic (exact) mass is 302 g/mol. The quantitative estimate of drug-likeness (QED) is 0.730. The van der Waals surface area contributed by atoms with Gasteiger partial charge in [-0.3, -0.25) is 4.90 Å². The second-order valence-electron chi connectivity index (χ2n) is 5.51. The molecule has 0 heterocycles. The molecule has 0 aliphatic carbocycles. The van der Waals surface area contributed by atoms with Gasteiger partial charge in [0.2, 0.25) is 0 Å². The Morgan fingerprint density at radius 3 is 2.24 bits per heavy atom. The van der Waals surface area contributed by atoms with Crippen molar-refractivity contribution >= 4 is 0 Å². The van der Waals surface area contributed by atoms with Gasteiger partial charge in [0.1, 0.15) is 0 Å². The van der Waals surface area contributed by atoms with E-state index in [1.165, 1.54) is 4.90 Å². The Labute approximate surface area is 125 Å². The van der Waals surface area contributed by atoms with E-state index in [1.807, 2.05) is 51.1 Å². The van der Waals surface area contributed by atoms with Gasteiger partial charge in [-0.15, -0.1) is 0 Å². The summed E-state index contributed by atoms with van der Waals surface area (Å²) in [7, 11) is 0. The van der Waals surface area contributed by atoms with E-state index in [-0.39, 0.29) is 12.1 Å². The van der Waals surface area contributed by atoms with Crippen LogP contribution in [0.25, 0.3) is 0 Å². The molecule has 1 aromatic carbocycles. The Hall–Kier alpha value is -1.07. The predicted octanol–water partition coefficient (Wildman–Crippen LogP) is 4.00. The fourth-order valence-corrected chi connectivity index (χ4v) is 2.38. The van der Waals surface area contributed by atoms with E-state index in [1.54, 1.807) is 0 Å². The van der Waals surface area contributed by atoms with Crippen molar-refractivity contribution in [3.8, 4) is 0 Å². The van der Waals surface area contributed by atoms with Crippen LogP contribution in [-0.2, 0) is 0 Å². The minimum Gasteiger partial charge on any atom is -0.315 e. The van der Waals surface area contributed by atoms with Crippen molar-refractivity contribution in [2.24, 2.45) is 0 Å². The van der Waals surface area contributed by atoms with Crippen LogP contribution in [0.5, 0.6) is 0 Å². The maximum Gasteiger partial charge on any atom is 0.401 e. The molecule has 0 aromatic heterocycles. The van der Waals surface area contributed by atoms with E-state index in [4.69, 9.17) is 0 Å². The molecule has 0 bridgehead atoms. The third kappa shape index (κ3) is 6.48. The molecular formula is C16H25F3N2. The van der Waals surface area contributed by atoms with E-state index in [0.717, 1.165) is 18.5 Å². The highest BCUT2D eigenvalue weighted by atomic mass is 19.4. The van der Waals surface area contributed by atoms with Gasteiger partial charge in [-0.1, -0.05) is 37.3 Å². The third-order valence-electron chi connectivity index (χ3n) is 3.37. The summed E-state index contributed by atoms with van der Waals surface area (Å²) in [6.07, 6.45) is -3.23. The molecule has 1 rings (SSSR count). The van der Waals surface area contributed by atoms with Gasteiger partial charge < -0.3 is 5.32 Å². The van der Waals surface area contributed by atoms with Crippen molar-refractivity contribution in [1.82, 2.24) is 10.2 Å². The first-order valence-corrected chi connectivity index (χ1v) is 7.43. The van der Waals surface area contributed by atoms with Gasteiger partial charge in [0.15, 0.2) is 0 Å². The number of nitrogens with zero attached hydrogens (tertiary/aromatic N) is 1. The van der Waals surface area contributed by atoms with E-state index in [0.29, 0.717) is 6.54 Å². The van der Waals surface area contributed by atoms with Gasteiger partial charge >= 0.3 is 6.18 Å². The highest BCUT2D eigenvalue weighted by molar-refractivity contribution is 5.19. The summed E-state index contributed by atoms with van der Waals surface area (Å²) in [5.74, 6) is 0. The fraction of sp³-hybridized carbons (Fsp3) is 0.625.